The van der Waals surface area contributed by atoms with Gasteiger partial charge in [0.15, 0.2) is 0 Å². The minimum atomic E-state index is -3.45. The van der Waals surface area contributed by atoms with Crippen LogP contribution in [0.15, 0.2) is 15.4 Å². The molecule has 1 unspecified atom stereocenters. The van der Waals surface area contributed by atoms with Crippen molar-refractivity contribution in [2.24, 2.45) is 5.73 Å². The van der Waals surface area contributed by atoms with Crippen molar-refractivity contribution in [1.82, 2.24) is 4.31 Å². The van der Waals surface area contributed by atoms with Gasteiger partial charge in [0.05, 0.1) is 6.54 Å². The summed E-state index contributed by atoms with van der Waals surface area (Å²) in [5, 5.41) is 0. The molecule has 1 atom stereocenters. The molecule has 18 heavy (non-hydrogen) atoms. The van der Waals surface area contributed by atoms with Crippen molar-refractivity contribution in [3.63, 3.8) is 0 Å². The van der Waals surface area contributed by atoms with Gasteiger partial charge in [0, 0.05) is 18.7 Å². The Kier molecular flexibility index (Phi) is 3.79. The van der Waals surface area contributed by atoms with Gasteiger partial charge < -0.3 is 10.2 Å². The van der Waals surface area contributed by atoms with Gasteiger partial charge in [-0.3, -0.25) is 0 Å². The first-order valence-electron chi connectivity index (χ1n) is 6.28. The highest BCUT2D eigenvalue weighted by Crippen LogP contribution is 2.28. The molecule has 1 aromatic heterocycles. The van der Waals surface area contributed by atoms with Crippen LogP contribution in [0.4, 0.5) is 0 Å². The molecule has 1 saturated heterocycles. The van der Waals surface area contributed by atoms with Gasteiger partial charge in [-0.25, -0.2) is 8.42 Å². The van der Waals surface area contributed by atoms with E-state index in [1.807, 2.05) is 6.92 Å². The molecule has 1 fully saturated rings. The molecule has 2 rings (SSSR count). The molecule has 0 aliphatic carbocycles. The second-order valence-corrected chi connectivity index (χ2v) is 6.66. The average Bonchev–Trinajstić information content (AvgIpc) is 2.71. The second-order valence-electron chi connectivity index (χ2n) is 4.80. The van der Waals surface area contributed by atoms with Gasteiger partial charge in [0.1, 0.15) is 16.4 Å². The zero-order valence-electron chi connectivity index (χ0n) is 10.8. The highest BCUT2D eigenvalue weighted by atomic mass is 32.2. The van der Waals surface area contributed by atoms with Gasteiger partial charge >= 0.3 is 0 Å². The van der Waals surface area contributed by atoms with Crippen LogP contribution in [0.1, 0.15) is 37.7 Å². The van der Waals surface area contributed by atoms with E-state index in [2.05, 4.69) is 0 Å². The van der Waals surface area contributed by atoms with E-state index in [0.717, 1.165) is 19.3 Å². The third-order valence-electron chi connectivity index (χ3n) is 3.45. The van der Waals surface area contributed by atoms with Crippen LogP contribution in [0.5, 0.6) is 0 Å². The highest BCUT2D eigenvalue weighted by Gasteiger charge is 2.33. The maximum atomic E-state index is 12.6. The summed E-state index contributed by atoms with van der Waals surface area (Å²) in [5.74, 6) is 0.934. The molecule has 5 nitrogen and oxygen atoms in total. The van der Waals surface area contributed by atoms with Crippen molar-refractivity contribution in [3.8, 4) is 0 Å². The van der Waals surface area contributed by atoms with Crippen LogP contribution in [0.2, 0.25) is 0 Å². The largest absolute Gasteiger partial charge is 0.464 e. The molecule has 1 aromatic rings. The number of nitrogens with zero attached hydrogens (tertiary/aromatic N) is 1. The summed E-state index contributed by atoms with van der Waals surface area (Å²) < 4.78 is 32.1. The monoisotopic (exact) mass is 272 g/mol. The minimum Gasteiger partial charge on any atom is -0.464 e. The van der Waals surface area contributed by atoms with E-state index in [1.165, 1.54) is 0 Å². The fourth-order valence-electron chi connectivity index (χ4n) is 2.44. The zero-order chi connectivity index (χ0) is 13.3. The van der Waals surface area contributed by atoms with Crippen molar-refractivity contribution < 1.29 is 12.8 Å². The number of hydrogen-bond donors (Lipinski definition) is 1. The Balaban J connectivity index is 2.37. The fourth-order valence-corrected chi connectivity index (χ4v) is 4.32. The van der Waals surface area contributed by atoms with Crippen molar-refractivity contribution in [3.05, 3.63) is 17.6 Å². The van der Waals surface area contributed by atoms with E-state index in [-0.39, 0.29) is 17.5 Å². The molecule has 0 amide bonds. The smallest absolute Gasteiger partial charge is 0.246 e. The first-order chi connectivity index (χ1) is 8.46. The number of hydrogen-bond acceptors (Lipinski definition) is 4. The molecule has 102 valence electrons. The summed E-state index contributed by atoms with van der Waals surface area (Å²) in [6.07, 6.45) is 2.93. The van der Waals surface area contributed by atoms with Gasteiger partial charge in [-0.2, -0.15) is 4.31 Å². The SMILES string of the molecule is Cc1oc(CN)cc1S(=O)(=O)N1CCCCC1C. The van der Waals surface area contributed by atoms with Crippen molar-refractivity contribution in [1.29, 1.82) is 0 Å². The van der Waals surface area contributed by atoms with Crippen LogP contribution in [0.25, 0.3) is 0 Å². The summed E-state index contributed by atoms with van der Waals surface area (Å²) in [6, 6.07) is 1.60. The van der Waals surface area contributed by atoms with Gasteiger partial charge in [0.2, 0.25) is 10.0 Å². The van der Waals surface area contributed by atoms with Gasteiger partial charge in [-0.05, 0) is 26.7 Å². The topological polar surface area (TPSA) is 76.5 Å². The van der Waals surface area contributed by atoms with Crippen molar-refractivity contribution in [2.45, 2.75) is 50.6 Å². The molecular weight excluding hydrogens is 252 g/mol. The van der Waals surface area contributed by atoms with Crippen molar-refractivity contribution >= 4 is 10.0 Å². The molecule has 2 N–H and O–H groups in total. The first-order valence-corrected chi connectivity index (χ1v) is 7.72. The number of aryl methyl sites for hydroxylation is 1. The average molecular weight is 272 g/mol. The molecule has 2 heterocycles. The maximum Gasteiger partial charge on any atom is 0.246 e. The predicted octanol–water partition coefficient (Wildman–Crippen LogP) is 1.61. The number of furan rings is 1. The zero-order valence-corrected chi connectivity index (χ0v) is 11.7. The molecule has 0 saturated carbocycles. The Morgan fingerprint density at radius 2 is 2.22 bits per heavy atom. The van der Waals surface area contributed by atoms with Crippen LogP contribution >= 0.6 is 0 Å². The van der Waals surface area contributed by atoms with E-state index in [9.17, 15) is 8.42 Å². The summed E-state index contributed by atoms with van der Waals surface area (Å²) in [6.45, 7) is 4.43. The Bertz CT molecular complexity index is 521. The predicted molar refractivity (Wildman–Crippen MR) is 68.5 cm³/mol. The highest BCUT2D eigenvalue weighted by molar-refractivity contribution is 7.89. The Labute approximate surface area is 108 Å². The van der Waals surface area contributed by atoms with Crippen LogP contribution in [0.3, 0.4) is 0 Å². The number of rotatable bonds is 3. The maximum absolute atomic E-state index is 12.6. The second kappa shape index (κ2) is 5.03. The third kappa shape index (κ3) is 2.32. The number of sulfonamides is 1. The quantitative estimate of drug-likeness (QED) is 0.907. The lowest BCUT2D eigenvalue weighted by Crippen LogP contribution is -2.41. The molecule has 0 radical (unpaired) electrons. The lowest BCUT2D eigenvalue weighted by atomic mass is 10.1. The Hall–Kier alpha value is -0.850. The van der Waals surface area contributed by atoms with E-state index in [4.69, 9.17) is 10.2 Å². The molecule has 0 spiro atoms. The normalized spacial score (nSPS) is 22.3. The molecular formula is C12H20N2O3S. The molecule has 0 bridgehead atoms. The van der Waals surface area contributed by atoms with E-state index < -0.39 is 10.0 Å². The van der Waals surface area contributed by atoms with E-state index in [0.29, 0.717) is 18.1 Å². The summed E-state index contributed by atoms with van der Waals surface area (Å²) >= 11 is 0. The van der Waals surface area contributed by atoms with Crippen molar-refractivity contribution in [2.75, 3.05) is 6.54 Å². The van der Waals surface area contributed by atoms with Gasteiger partial charge in [0.25, 0.3) is 0 Å². The minimum absolute atomic E-state index is 0.0550. The molecule has 1 aliphatic rings. The first kappa shape index (κ1) is 13.6. The van der Waals surface area contributed by atoms with Crippen LogP contribution < -0.4 is 5.73 Å². The van der Waals surface area contributed by atoms with E-state index >= 15 is 0 Å². The summed E-state index contributed by atoms with van der Waals surface area (Å²) in [5.41, 5.74) is 5.48. The number of nitrogens with two attached hydrogens (primary N) is 1. The van der Waals surface area contributed by atoms with Crippen LogP contribution in [-0.2, 0) is 16.6 Å². The molecule has 0 aromatic carbocycles. The fraction of sp³-hybridized carbons (Fsp3) is 0.667. The van der Waals surface area contributed by atoms with Crippen LogP contribution in [-0.4, -0.2) is 25.3 Å². The standard InChI is InChI=1S/C12H20N2O3S/c1-9-5-3-4-6-14(9)18(15,16)12-7-11(8-13)17-10(12)2/h7,9H,3-6,8,13H2,1-2H3. The van der Waals surface area contributed by atoms with Gasteiger partial charge in [-0.15, -0.1) is 0 Å². The lowest BCUT2D eigenvalue weighted by Gasteiger charge is -2.31. The van der Waals surface area contributed by atoms with E-state index in [1.54, 1.807) is 17.3 Å². The Morgan fingerprint density at radius 1 is 1.50 bits per heavy atom. The third-order valence-corrected chi connectivity index (χ3v) is 5.57. The van der Waals surface area contributed by atoms with Crippen LogP contribution in [0, 0.1) is 6.92 Å². The number of piperidine rings is 1. The lowest BCUT2D eigenvalue weighted by molar-refractivity contribution is 0.268. The van der Waals surface area contributed by atoms with Gasteiger partial charge in [-0.1, -0.05) is 6.42 Å². The molecule has 1 aliphatic heterocycles. The Morgan fingerprint density at radius 3 is 2.78 bits per heavy atom. The molecule has 6 heteroatoms. The summed E-state index contributed by atoms with van der Waals surface area (Å²) in [4.78, 5) is 0.261. The summed E-state index contributed by atoms with van der Waals surface area (Å²) in [7, 11) is -3.45.